The summed E-state index contributed by atoms with van der Waals surface area (Å²) < 4.78 is 16.7. The molecule has 0 radical (unpaired) electrons. The van der Waals surface area contributed by atoms with Crippen molar-refractivity contribution in [1.29, 1.82) is 0 Å². The molecule has 2 heterocycles. The van der Waals surface area contributed by atoms with Gasteiger partial charge in [0.25, 0.3) is 0 Å². The molecule has 0 saturated carbocycles. The van der Waals surface area contributed by atoms with Crippen molar-refractivity contribution in [3.8, 4) is 0 Å². The number of amides is 1. The van der Waals surface area contributed by atoms with Gasteiger partial charge in [0.1, 0.15) is 23.9 Å². The molecule has 0 aromatic carbocycles. The molecule has 0 spiro atoms. The molecule has 6 unspecified atom stereocenters. The van der Waals surface area contributed by atoms with Gasteiger partial charge in [-0.1, -0.05) is 30.7 Å². The highest BCUT2D eigenvalue weighted by atomic mass is 35.5. The molecule has 4 N–H and O–H groups in total. The van der Waals surface area contributed by atoms with Gasteiger partial charge in [0.05, 0.1) is 24.1 Å². The van der Waals surface area contributed by atoms with Crippen LogP contribution in [0.2, 0.25) is 0 Å². The molecule has 2 rings (SSSR count). The summed E-state index contributed by atoms with van der Waals surface area (Å²) in [5, 5.41) is 34.4. The van der Waals surface area contributed by atoms with Crippen LogP contribution in [0.4, 0.5) is 0 Å². The normalized spacial score (nSPS) is 38.1. The van der Waals surface area contributed by atoms with Gasteiger partial charge in [0.15, 0.2) is 5.79 Å². The third-order valence-electron chi connectivity index (χ3n) is 6.75. The molecule has 9 atom stereocenters. The molecule has 0 aromatic rings. The van der Waals surface area contributed by atoms with Crippen LogP contribution in [0.5, 0.6) is 0 Å². The number of esters is 1. The second-order valence-corrected chi connectivity index (χ2v) is 10.8. The van der Waals surface area contributed by atoms with E-state index in [4.69, 9.17) is 25.8 Å². The first kappa shape index (κ1) is 31.5. The van der Waals surface area contributed by atoms with E-state index < -0.39 is 35.7 Å². The van der Waals surface area contributed by atoms with Gasteiger partial charge >= 0.3 is 5.97 Å². The largest absolute Gasteiger partial charge is 0.459 e. The number of allylic oxidation sites excluding steroid dienone is 2. The van der Waals surface area contributed by atoms with Gasteiger partial charge < -0.3 is 34.8 Å². The lowest BCUT2D eigenvalue weighted by Gasteiger charge is -2.46. The molecule has 9 nitrogen and oxygen atoms in total. The van der Waals surface area contributed by atoms with Crippen LogP contribution in [-0.2, 0) is 23.8 Å². The molecule has 10 heteroatoms. The second kappa shape index (κ2) is 13.4. The Balaban J connectivity index is 1.91. The maximum atomic E-state index is 12.3. The summed E-state index contributed by atoms with van der Waals surface area (Å²) in [5.74, 6) is -2.32. The van der Waals surface area contributed by atoms with Crippen molar-refractivity contribution in [3.05, 3.63) is 36.0 Å². The molecule has 0 aliphatic carbocycles. The Hall–Kier alpha value is -1.75. The zero-order valence-corrected chi connectivity index (χ0v) is 23.3. The molecule has 1 amide bonds. The maximum absolute atomic E-state index is 12.3. The van der Waals surface area contributed by atoms with Gasteiger partial charge in [-0.05, 0) is 52.5 Å². The Labute approximate surface area is 224 Å². The van der Waals surface area contributed by atoms with E-state index in [0.717, 1.165) is 12.0 Å². The van der Waals surface area contributed by atoms with E-state index >= 15 is 0 Å². The predicted molar refractivity (Wildman–Crippen MR) is 140 cm³/mol. The van der Waals surface area contributed by atoms with Gasteiger partial charge in [0.2, 0.25) is 5.91 Å². The number of ether oxygens (including phenoxy) is 3. The summed E-state index contributed by atoms with van der Waals surface area (Å²) in [6.07, 6.45) is 6.62. The smallest absolute Gasteiger partial charge is 0.303 e. The number of rotatable bonds is 9. The maximum Gasteiger partial charge on any atom is 0.303 e. The lowest BCUT2D eigenvalue weighted by Crippen LogP contribution is -2.61. The zero-order valence-electron chi connectivity index (χ0n) is 22.5. The highest BCUT2D eigenvalue weighted by molar-refractivity contribution is 6.18. The predicted octanol–water partition coefficient (Wildman–Crippen LogP) is 2.51. The molecule has 0 aromatic heterocycles. The van der Waals surface area contributed by atoms with Crippen LogP contribution >= 0.6 is 11.6 Å². The molecule has 2 saturated heterocycles. The minimum Gasteiger partial charge on any atom is -0.459 e. The summed E-state index contributed by atoms with van der Waals surface area (Å²) >= 11 is 5.85. The van der Waals surface area contributed by atoms with Crippen LogP contribution < -0.4 is 5.32 Å². The number of aliphatic hydroxyl groups is 3. The first-order valence-electron chi connectivity index (χ1n) is 12.7. The Morgan fingerprint density at radius 3 is 2.54 bits per heavy atom. The number of carbonyl (C=O) groups is 2. The average molecular weight is 544 g/mol. The summed E-state index contributed by atoms with van der Waals surface area (Å²) in [5.41, 5.74) is -0.749. The molecule has 2 aliphatic rings. The first-order valence-corrected chi connectivity index (χ1v) is 13.2. The van der Waals surface area contributed by atoms with Crippen molar-refractivity contribution in [2.45, 2.75) is 109 Å². The zero-order chi connectivity index (χ0) is 28.0. The molecule has 2 aliphatic heterocycles. The number of nitrogens with one attached hydrogen (secondary N) is 1. The number of carbonyl (C=O) groups excluding carboxylic acids is 2. The Morgan fingerprint density at radius 1 is 1.24 bits per heavy atom. The first-order chi connectivity index (χ1) is 17.2. The monoisotopic (exact) mass is 543 g/mol. The van der Waals surface area contributed by atoms with Crippen molar-refractivity contribution < 1.29 is 39.1 Å². The van der Waals surface area contributed by atoms with Crippen LogP contribution in [0.25, 0.3) is 0 Å². The highest BCUT2D eigenvalue weighted by Crippen LogP contribution is 2.36. The summed E-state index contributed by atoms with van der Waals surface area (Å²) in [6, 6.07) is -0.143. The van der Waals surface area contributed by atoms with E-state index in [1.54, 1.807) is 19.1 Å². The van der Waals surface area contributed by atoms with E-state index in [9.17, 15) is 24.9 Å². The topological polar surface area (TPSA) is 135 Å². The van der Waals surface area contributed by atoms with Crippen molar-refractivity contribution in [1.82, 2.24) is 5.32 Å². The van der Waals surface area contributed by atoms with Gasteiger partial charge in [-0.15, -0.1) is 11.6 Å². The Kier molecular flexibility index (Phi) is 11.4. The van der Waals surface area contributed by atoms with Crippen LogP contribution in [0.15, 0.2) is 36.0 Å². The lowest BCUT2D eigenvalue weighted by atomic mass is 9.84. The third-order valence-corrected chi connectivity index (χ3v) is 7.22. The quantitative estimate of drug-likeness (QED) is 0.151. The summed E-state index contributed by atoms with van der Waals surface area (Å²) in [6.45, 7) is 10.3. The van der Waals surface area contributed by atoms with E-state index in [1.165, 1.54) is 26.0 Å². The van der Waals surface area contributed by atoms with Crippen molar-refractivity contribution >= 4 is 23.5 Å². The standard InChI is InChI=1S/C27H42ClNO8/c1-16(8-11-23-25(32)27(34,15-28)14-26(6,33)37-23)7-10-22-17(2)13-21(19(4)36-22)29-24(31)12-9-18(3)35-20(5)30/h7-9,11-12,17-19,21-23,25,32-34H,10,13-15H2,1-6H3,(H,29,31)/b11-8+,12-9-,16-7+/t17?,18?,19?,21?,22?,23?,25-,26+,27-/m1/s1. The SMILES string of the molecule is CC(=O)OC(C)/C=C\C(=O)NC1CC(C)C(C/C=C(C)/C=C/C2O[C@](C)(O)C[C@@](O)(CCl)[C@@H]2O)OC1C. The molecule has 0 bridgehead atoms. The fourth-order valence-electron chi connectivity index (χ4n) is 4.73. The second-order valence-electron chi connectivity index (χ2n) is 10.5. The van der Waals surface area contributed by atoms with Gasteiger partial charge in [-0.25, -0.2) is 0 Å². The van der Waals surface area contributed by atoms with Crippen LogP contribution in [0, 0.1) is 5.92 Å². The number of halogens is 1. The molecule has 210 valence electrons. The molecular weight excluding hydrogens is 502 g/mol. The molecular formula is C27H42ClNO8. The Bertz CT molecular complexity index is 888. The van der Waals surface area contributed by atoms with Crippen molar-refractivity contribution in [3.63, 3.8) is 0 Å². The Morgan fingerprint density at radius 2 is 1.92 bits per heavy atom. The van der Waals surface area contributed by atoms with E-state index in [2.05, 4.69) is 12.2 Å². The minimum atomic E-state index is -1.65. The number of hydrogen-bond acceptors (Lipinski definition) is 8. The van der Waals surface area contributed by atoms with Gasteiger partial charge in [0, 0.05) is 19.4 Å². The molecule has 2 fully saturated rings. The molecule has 37 heavy (non-hydrogen) atoms. The van der Waals surface area contributed by atoms with E-state index in [0.29, 0.717) is 6.42 Å². The summed E-state index contributed by atoms with van der Waals surface area (Å²) in [4.78, 5) is 23.3. The van der Waals surface area contributed by atoms with Crippen molar-refractivity contribution in [2.75, 3.05) is 5.88 Å². The van der Waals surface area contributed by atoms with Gasteiger partial charge in [-0.3, -0.25) is 9.59 Å². The lowest BCUT2D eigenvalue weighted by molar-refractivity contribution is -0.302. The number of aliphatic hydroxyl groups excluding tert-OH is 1. The minimum absolute atomic E-state index is 0.0374. The summed E-state index contributed by atoms with van der Waals surface area (Å²) in [7, 11) is 0. The number of hydrogen-bond donors (Lipinski definition) is 4. The third kappa shape index (κ3) is 9.50. The average Bonchev–Trinajstić information content (AvgIpc) is 2.79. The fourth-order valence-corrected chi connectivity index (χ4v) is 4.99. The number of alkyl halides is 1. The van der Waals surface area contributed by atoms with Crippen molar-refractivity contribution in [2.24, 2.45) is 5.92 Å². The highest BCUT2D eigenvalue weighted by Gasteiger charge is 2.51. The van der Waals surface area contributed by atoms with E-state index in [1.807, 2.05) is 19.9 Å². The van der Waals surface area contributed by atoms with Crippen LogP contribution in [-0.4, -0.2) is 81.0 Å². The fraction of sp³-hybridized carbons (Fsp3) is 0.704. The van der Waals surface area contributed by atoms with E-state index in [-0.39, 0.29) is 42.4 Å². The van der Waals surface area contributed by atoms with Gasteiger partial charge in [-0.2, -0.15) is 0 Å². The van der Waals surface area contributed by atoms with Crippen LogP contribution in [0.3, 0.4) is 0 Å². The van der Waals surface area contributed by atoms with Crippen LogP contribution in [0.1, 0.15) is 60.8 Å².